The molecule has 0 bridgehead atoms. The van der Waals surface area contributed by atoms with Crippen molar-refractivity contribution in [1.82, 2.24) is 15.0 Å². The predicted molar refractivity (Wildman–Crippen MR) is 90.8 cm³/mol. The zero-order chi connectivity index (χ0) is 17.6. The lowest BCUT2D eigenvalue weighted by Gasteiger charge is -2.32. The highest BCUT2D eigenvalue weighted by molar-refractivity contribution is 6.30. The summed E-state index contributed by atoms with van der Waals surface area (Å²) in [6, 6.07) is 6.86. The molecule has 2 heterocycles. The van der Waals surface area contributed by atoms with E-state index >= 15 is 0 Å². The third-order valence-electron chi connectivity index (χ3n) is 3.75. The molecule has 1 aromatic carbocycles. The molecule has 7 nitrogen and oxygen atoms in total. The minimum atomic E-state index is -0.384. The molecule has 1 aliphatic heterocycles. The molecule has 1 atom stereocenters. The SMILES string of the molecule is COCc1nc(C2COCCN2C(=O)C=Cc2ccc(Cl)cc2)no1. The van der Waals surface area contributed by atoms with Gasteiger partial charge in [0.2, 0.25) is 5.91 Å². The third-order valence-corrected chi connectivity index (χ3v) is 4.00. The van der Waals surface area contributed by atoms with E-state index in [1.54, 1.807) is 30.2 Å². The van der Waals surface area contributed by atoms with Crippen molar-refractivity contribution >= 4 is 23.6 Å². The fourth-order valence-corrected chi connectivity index (χ4v) is 2.63. The van der Waals surface area contributed by atoms with Gasteiger partial charge in [-0.25, -0.2) is 0 Å². The lowest BCUT2D eigenvalue weighted by Crippen LogP contribution is -2.43. The number of hydrogen-bond donors (Lipinski definition) is 0. The van der Waals surface area contributed by atoms with Crippen molar-refractivity contribution in [3.63, 3.8) is 0 Å². The average Bonchev–Trinajstić information content (AvgIpc) is 3.10. The standard InChI is InChI=1S/C17H18ClN3O4/c1-23-11-15-19-17(20-25-15)14-10-24-9-8-21(14)16(22)7-4-12-2-5-13(18)6-3-12/h2-7,14H,8-11H2,1H3. The lowest BCUT2D eigenvalue weighted by molar-refractivity contribution is -0.135. The monoisotopic (exact) mass is 363 g/mol. The summed E-state index contributed by atoms with van der Waals surface area (Å²) in [6.45, 7) is 1.49. The predicted octanol–water partition coefficient (Wildman–Crippen LogP) is 2.48. The van der Waals surface area contributed by atoms with Crippen LogP contribution < -0.4 is 0 Å². The first-order chi connectivity index (χ1) is 12.2. The van der Waals surface area contributed by atoms with Gasteiger partial charge in [-0.1, -0.05) is 28.9 Å². The maximum atomic E-state index is 12.6. The van der Waals surface area contributed by atoms with Crippen molar-refractivity contribution in [2.24, 2.45) is 0 Å². The van der Waals surface area contributed by atoms with Gasteiger partial charge in [0.15, 0.2) is 5.82 Å². The minimum Gasteiger partial charge on any atom is -0.377 e. The molecule has 1 unspecified atom stereocenters. The summed E-state index contributed by atoms with van der Waals surface area (Å²) in [5.41, 5.74) is 0.893. The van der Waals surface area contributed by atoms with Gasteiger partial charge in [0.25, 0.3) is 5.89 Å². The second-order valence-corrected chi connectivity index (χ2v) is 5.92. The zero-order valence-electron chi connectivity index (χ0n) is 13.7. The van der Waals surface area contributed by atoms with Crippen molar-refractivity contribution in [2.75, 3.05) is 26.9 Å². The number of carbonyl (C=O) groups is 1. The van der Waals surface area contributed by atoms with Crippen LogP contribution in [0.2, 0.25) is 5.02 Å². The summed E-state index contributed by atoms with van der Waals surface area (Å²) >= 11 is 5.86. The quantitative estimate of drug-likeness (QED) is 0.759. The molecule has 0 radical (unpaired) electrons. The van der Waals surface area contributed by atoms with E-state index in [0.717, 1.165) is 5.56 Å². The number of morpholine rings is 1. The van der Waals surface area contributed by atoms with Gasteiger partial charge >= 0.3 is 0 Å². The highest BCUT2D eigenvalue weighted by Gasteiger charge is 2.31. The van der Waals surface area contributed by atoms with E-state index in [1.807, 2.05) is 12.1 Å². The van der Waals surface area contributed by atoms with Gasteiger partial charge in [0, 0.05) is 24.8 Å². The van der Waals surface area contributed by atoms with E-state index < -0.39 is 0 Å². The highest BCUT2D eigenvalue weighted by atomic mass is 35.5. The number of methoxy groups -OCH3 is 1. The Hall–Kier alpha value is -2.22. The van der Waals surface area contributed by atoms with Crippen LogP contribution in [0.4, 0.5) is 0 Å². The Kier molecular flexibility index (Phi) is 5.80. The number of benzene rings is 1. The molecule has 8 heteroatoms. The second-order valence-electron chi connectivity index (χ2n) is 5.49. The first-order valence-corrected chi connectivity index (χ1v) is 8.18. The van der Waals surface area contributed by atoms with E-state index in [-0.39, 0.29) is 18.6 Å². The van der Waals surface area contributed by atoms with Crippen molar-refractivity contribution in [2.45, 2.75) is 12.6 Å². The Balaban J connectivity index is 1.73. The number of ether oxygens (including phenoxy) is 2. The summed E-state index contributed by atoms with van der Waals surface area (Å²) in [5, 5.41) is 4.59. The van der Waals surface area contributed by atoms with Crippen molar-refractivity contribution in [3.05, 3.63) is 52.6 Å². The fourth-order valence-electron chi connectivity index (χ4n) is 2.50. The van der Waals surface area contributed by atoms with Gasteiger partial charge in [-0.05, 0) is 23.8 Å². The van der Waals surface area contributed by atoms with Crippen LogP contribution in [-0.4, -0.2) is 47.8 Å². The molecule has 1 amide bonds. The number of hydrogen-bond acceptors (Lipinski definition) is 6. The van der Waals surface area contributed by atoms with E-state index in [9.17, 15) is 4.79 Å². The molecule has 0 saturated carbocycles. The number of halogens is 1. The van der Waals surface area contributed by atoms with Crippen LogP contribution >= 0.6 is 11.6 Å². The van der Waals surface area contributed by atoms with E-state index in [0.29, 0.717) is 36.5 Å². The van der Waals surface area contributed by atoms with Gasteiger partial charge in [0.1, 0.15) is 12.6 Å². The fraction of sp³-hybridized carbons (Fsp3) is 0.353. The van der Waals surface area contributed by atoms with Gasteiger partial charge in [-0.15, -0.1) is 0 Å². The molecule has 1 fully saturated rings. The summed E-state index contributed by atoms with van der Waals surface area (Å²) < 4.78 is 15.6. The Labute approximate surface area is 150 Å². The topological polar surface area (TPSA) is 77.7 Å². The number of aromatic nitrogens is 2. The molecule has 132 valence electrons. The van der Waals surface area contributed by atoms with E-state index in [1.165, 1.54) is 6.08 Å². The smallest absolute Gasteiger partial charge is 0.252 e. The summed E-state index contributed by atoms with van der Waals surface area (Å²) in [5.74, 6) is 0.647. The Morgan fingerprint density at radius 2 is 2.24 bits per heavy atom. The molecular weight excluding hydrogens is 346 g/mol. The molecule has 1 aromatic heterocycles. The average molecular weight is 364 g/mol. The Morgan fingerprint density at radius 3 is 3.00 bits per heavy atom. The molecule has 2 aromatic rings. The van der Waals surface area contributed by atoms with Crippen LogP contribution in [-0.2, 0) is 20.9 Å². The van der Waals surface area contributed by atoms with Crippen LogP contribution in [0, 0.1) is 0 Å². The van der Waals surface area contributed by atoms with Crippen LogP contribution in [0.3, 0.4) is 0 Å². The van der Waals surface area contributed by atoms with Gasteiger partial charge < -0.3 is 18.9 Å². The van der Waals surface area contributed by atoms with Crippen molar-refractivity contribution in [3.8, 4) is 0 Å². The molecular formula is C17H18ClN3O4. The van der Waals surface area contributed by atoms with Crippen molar-refractivity contribution < 1.29 is 18.8 Å². The number of nitrogens with zero attached hydrogens (tertiary/aromatic N) is 3. The first kappa shape index (κ1) is 17.6. The normalized spacial score (nSPS) is 18.0. The third kappa shape index (κ3) is 4.45. The zero-order valence-corrected chi connectivity index (χ0v) is 14.5. The van der Waals surface area contributed by atoms with Crippen LogP contribution in [0.5, 0.6) is 0 Å². The van der Waals surface area contributed by atoms with Gasteiger partial charge in [-0.2, -0.15) is 4.98 Å². The van der Waals surface area contributed by atoms with E-state index in [2.05, 4.69) is 10.1 Å². The molecule has 0 aliphatic carbocycles. The maximum absolute atomic E-state index is 12.6. The van der Waals surface area contributed by atoms with Gasteiger partial charge in [0.05, 0.1) is 13.2 Å². The minimum absolute atomic E-state index is 0.138. The number of amides is 1. The number of rotatable bonds is 5. The first-order valence-electron chi connectivity index (χ1n) is 7.81. The highest BCUT2D eigenvalue weighted by Crippen LogP contribution is 2.23. The Bertz CT molecular complexity index is 745. The second kappa shape index (κ2) is 8.24. The maximum Gasteiger partial charge on any atom is 0.252 e. The van der Waals surface area contributed by atoms with Crippen LogP contribution in [0.25, 0.3) is 6.08 Å². The van der Waals surface area contributed by atoms with Gasteiger partial charge in [-0.3, -0.25) is 4.79 Å². The summed E-state index contributed by atoms with van der Waals surface area (Å²) in [6.07, 6.45) is 3.27. The van der Waals surface area contributed by atoms with Crippen molar-refractivity contribution in [1.29, 1.82) is 0 Å². The van der Waals surface area contributed by atoms with Crippen LogP contribution in [0.1, 0.15) is 23.3 Å². The molecule has 0 N–H and O–H groups in total. The van der Waals surface area contributed by atoms with Crippen LogP contribution in [0.15, 0.2) is 34.9 Å². The molecule has 1 saturated heterocycles. The summed E-state index contributed by atoms with van der Waals surface area (Å²) in [7, 11) is 1.55. The summed E-state index contributed by atoms with van der Waals surface area (Å²) in [4.78, 5) is 18.5. The lowest BCUT2D eigenvalue weighted by atomic mass is 10.2. The molecule has 0 spiro atoms. The molecule has 25 heavy (non-hydrogen) atoms. The molecule has 3 rings (SSSR count). The number of carbonyl (C=O) groups excluding carboxylic acids is 1. The largest absolute Gasteiger partial charge is 0.377 e. The molecule has 1 aliphatic rings. The van der Waals surface area contributed by atoms with E-state index in [4.69, 9.17) is 25.6 Å². The Morgan fingerprint density at radius 1 is 1.44 bits per heavy atom.